The summed E-state index contributed by atoms with van der Waals surface area (Å²) in [7, 11) is 0. The van der Waals surface area contributed by atoms with E-state index in [-0.39, 0.29) is 5.97 Å². The van der Waals surface area contributed by atoms with Crippen LogP contribution in [0.1, 0.15) is 32.8 Å². The number of ether oxygens (including phenoxy) is 2. The van der Waals surface area contributed by atoms with E-state index < -0.39 is 17.3 Å². The minimum atomic E-state index is -0.675. The zero-order chi connectivity index (χ0) is 17.3. The number of allylic oxidation sites excluding steroid dienone is 1. The second-order valence-corrected chi connectivity index (χ2v) is 6.40. The van der Waals surface area contributed by atoms with Crippen LogP contribution < -0.4 is 10.4 Å². The predicted molar refractivity (Wildman–Crippen MR) is 90.2 cm³/mol. The number of hydrogen-bond acceptors (Lipinski definition) is 5. The average molecular weight is 328 g/mol. The molecule has 0 aliphatic carbocycles. The molecule has 5 heteroatoms. The number of benzene rings is 1. The van der Waals surface area contributed by atoms with E-state index in [2.05, 4.69) is 0 Å². The van der Waals surface area contributed by atoms with Crippen LogP contribution in [0.15, 0.2) is 45.6 Å². The zero-order valence-corrected chi connectivity index (χ0v) is 14.0. The molecule has 0 bridgehead atoms. The standard InChI is InChI=1S/C19H20O5/c1-4-5-6-17(20)23-16-10-13-9-12-7-8-18(21)22-14(12)11-15(13)24-19(16,2)3/h5-9,11,16H,4,10H2,1-3H3/b6-5+/t16-/m0/s1. The normalized spacial score (nSPS) is 19.0. The Morgan fingerprint density at radius 2 is 2.17 bits per heavy atom. The molecule has 0 amide bonds. The van der Waals surface area contributed by atoms with Gasteiger partial charge in [-0.3, -0.25) is 0 Å². The third-order valence-corrected chi connectivity index (χ3v) is 4.10. The van der Waals surface area contributed by atoms with E-state index in [0.29, 0.717) is 17.8 Å². The Morgan fingerprint density at radius 1 is 1.38 bits per heavy atom. The Kier molecular flexibility index (Phi) is 4.18. The van der Waals surface area contributed by atoms with Crippen molar-refractivity contribution in [1.29, 1.82) is 0 Å². The first-order valence-corrected chi connectivity index (χ1v) is 8.02. The molecule has 0 saturated carbocycles. The van der Waals surface area contributed by atoms with Gasteiger partial charge in [0.05, 0.1) is 0 Å². The summed E-state index contributed by atoms with van der Waals surface area (Å²) in [4.78, 5) is 23.3. The smallest absolute Gasteiger partial charge is 0.336 e. The number of carbonyl (C=O) groups is 1. The maximum Gasteiger partial charge on any atom is 0.336 e. The van der Waals surface area contributed by atoms with E-state index in [1.807, 2.05) is 26.8 Å². The topological polar surface area (TPSA) is 65.7 Å². The Labute approximate surface area is 139 Å². The molecule has 0 radical (unpaired) electrons. The molecule has 3 rings (SSSR count). The van der Waals surface area contributed by atoms with Gasteiger partial charge in [0.2, 0.25) is 0 Å². The molecule has 24 heavy (non-hydrogen) atoms. The summed E-state index contributed by atoms with van der Waals surface area (Å²) in [5.74, 6) is 0.284. The number of fused-ring (bicyclic) bond motifs is 2. The first kappa shape index (κ1) is 16.3. The van der Waals surface area contributed by atoms with E-state index in [4.69, 9.17) is 13.9 Å². The molecule has 0 saturated heterocycles. The zero-order valence-electron chi connectivity index (χ0n) is 14.0. The summed E-state index contributed by atoms with van der Waals surface area (Å²) in [6.45, 7) is 5.71. The Hall–Kier alpha value is -2.56. The van der Waals surface area contributed by atoms with Crippen molar-refractivity contribution in [2.45, 2.75) is 45.3 Å². The molecule has 1 atom stereocenters. The molecule has 5 nitrogen and oxygen atoms in total. The highest BCUT2D eigenvalue weighted by Gasteiger charge is 2.39. The first-order valence-electron chi connectivity index (χ1n) is 8.02. The number of carbonyl (C=O) groups excluding carboxylic acids is 1. The van der Waals surface area contributed by atoms with Crippen molar-refractivity contribution in [3.63, 3.8) is 0 Å². The lowest BCUT2D eigenvalue weighted by molar-refractivity contribution is -0.155. The van der Waals surface area contributed by atoms with Crippen LogP contribution in [0.4, 0.5) is 0 Å². The quantitative estimate of drug-likeness (QED) is 0.491. The third-order valence-electron chi connectivity index (χ3n) is 4.10. The van der Waals surface area contributed by atoms with Gasteiger partial charge in [0.1, 0.15) is 23.0 Å². The van der Waals surface area contributed by atoms with Crippen molar-refractivity contribution in [1.82, 2.24) is 0 Å². The van der Waals surface area contributed by atoms with Gasteiger partial charge in [0.15, 0.2) is 0 Å². The summed E-state index contributed by atoms with van der Waals surface area (Å²) >= 11 is 0. The van der Waals surface area contributed by atoms with Crippen molar-refractivity contribution >= 4 is 16.9 Å². The van der Waals surface area contributed by atoms with Gasteiger partial charge in [-0.25, -0.2) is 9.59 Å². The fourth-order valence-electron chi connectivity index (χ4n) is 2.77. The fourth-order valence-corrected chi connectivity index (χ4v) is 2.77. The molecule has 2 heterocycles. The van der Waals surface area contributed by atoms with Gasteiger partial charge in [-0.05, 0) is 38.0 Å². The molecule has 1 aromatic heterocycles. The summed E-state index contributed by atoms with van der Waals surface area (Å²) in [5.41, 5.74) is 0.337. The van der Waals surface area contributed by atoms with Crippen molar-refractivity contribution in [3.8, 4) is 5.75 Å². The van der Waals surface area contributed by atoms with Crippen LogP contribution in [-0.4, -0.2) is 17.7 Å². The lowest BCUT2D eigenvalue weighted by Crippen LogP contribution is -2.48. The minimum absolute atomic E-state index is 0.367. The Morgan fingerprint density at radius 3 is 2.92 bits per heavy atom. The molecular weight excluding hydrogens is 308 g/mol. The molecule has 0 fully saturated rings. The molecule has 0 unspecified atom stereocenters. The van der Waals surface area contributed by atoms with E-state index in [0.717, 1.165) is 17.4 Å². The molecule has 2 aromatic rings. The molecule has 0 spiro atoms. The van der Waals surface area contributed by atoms with Crippen LogP contribution in [0, 0.1) is 0 Å². The molecule has 0 N–H and O–H groups in total. The van der Waals surface area contributed by atoms with Crippen molar-refractivity contribution in [2.24, 2.45) is 0 Å². The lowest BCUT2D eigenvalue weighted by atomic mass is 9.90. The van der Waals surface area contributed by atoms with Gasteiger partial charge < -0.3 is 13.9 Å². The van der Waals surface area contributed by atoms with Gasteiger partial charge >= 0.3 is 11.6 Å². The minimum Gasteiger partial charge on any atom is -0.484 e. The number of esters is 1. The molecule has 1 aromatic carbocycles. The Balaban J connectivity index is 1.93. The Bertz CT molecular complexity index is 860. The highest BCUT2D eigenvalue weighted by molar-refractivity contribution is 5.82. The highest BCUT2D eigenvalue weighted by atomic mass is 16.6. The predicted octanol–water partition coefficient (Wildman–Crippen LogP) is 3.38. The van der Waals surface area contributed by atoms with Gasteiger partial charge in [-0.1, -0.05) is 13.0 Å². The van der Waals surface area contributed by atoms with Crippen molar-refractivity contribution in [2.75, 3.05) is 0 Å². The van der Waals surface area contributed by atoms with Crippen LogP contribution in [-0.2, 0) is 16.0 Å². The SMILES string of the molecule is CC/C=C/C(=O)O[C@H]1Cc2cc3ccc(=O)oc3cc2OC1(C)C. The molecule has 1 aliphatic rings. The van der Waals surface area contributed by atoms with Gasteiger partial charge in [0.25, 0.3) is 0 Å². The highest BCUT2D eigenvalue weighted by Crippen LogP contribution is 2.37. The number of rotatable bonds is 3. The summed E-state index contributed by atoms with van der Waals surface area (Å²) in [6, 6.07) is 6.73. The second kappa shape index (κ2) is 6.15. The summed E-state index contributed by atoms with van der Waals surface area (Å²) < 4.78 is 16.8. The maximum atomic E-state index is 11.9. The number of hydrogen-bond donors (Lipinski definition) is 0. The molecule has 126 valence electrons. The van der Waals surface area contributed by atoms with E-state index in [9.17, 15) is 9.59 Å². The monoisotopic (exact) mass is 328 g/mol. The summed E-state index contributed by atoms with van der Waals surface area (Å²) in [6.07, 6.45) is 4.14. The molecular formula is C19H20O5. The van der Waals surface area contributed by atoms with Crippen LogP contribution in [0.3, 0.4) is 0 Å². The maximum absolute atomic E-state index is 11.9. The van der Waals surface area contributed by atoms with Gasteiger partial charge in [-0.15, -0.1) is 0 Å². The van der Waals surface area contributed by atoms with E-state index in [1.165, 1.54) is 12.1 Å². The van der Waals surface area contributed by atoms with Crippen LogP contribution in [0.25, 0.3) is 11.0 Å². The van der Waals surface area contributed by atoms with E-state index >= 15 is 0 Å². The largest absolute Gasteiger partial charge is 0.484 e. The summed E-state index contributed by atoms with van der Waals surface area (Å²) in [5, 5.41) is 0.813. The van der Waals surface area contributed by atoms with Crippen molar-refractivity contribution in [3.05, 3.63) is 52.4 Å². The lowest BCUT2D eigenvalue weighted by Gasteiger charge is -2.39. The van der Waals surface area contributed by atoms with Crippen molar-refractivity contribution < 1.29 is 18.7 Å². The fraction of sp³-hybridized carbons (Fsp3) is 0.368. The van der Waals surface area contributed by atoms with Crippen LogP contribution in [0.5, 0.6) is 5.75 Å². The van der Waals surface area contributed by atoms with Gasteiger partial charge in [-0.2, -0.15) is 0 Å². The van der Waals surface area contributed by atoms with Crippen LogP contribution >= 0.6 is 0 Å². The average Bonchev–Trinajstić information content (AvgIpc) is 2.51. The first-order chi connectivity index (χ1) is 11.4. The second-order valence-electron chi connectivity index (χ2n) is 6.40. The van der Waals surface area contributed by atoms with Gasteiger partial charge in [0, 0.05) is 30.0 Å². The third kappa shape index (κ3) is 3.20. The molecule has 1 aliphatic heterocycles. The van der Waals surface area contributed by atoms with E-state index in [1.54, 1.807) is 18.2 Å². The van der Waals surface area contributed by atoms with Crippen LogP contribution in [0.2, 0.25) is 0 Å².